The summed E-state index contributed by atoms with van der Waals surface area (Å²) in [5.74, 6) is 0.932. The summed E-state index contributed by atoms with van der Waals surface area (Å²) >= 11 is 1.82. The van der Waals surface area contributed by atoms with Gasteiger partial charge in [-0.15, -0.1) is 0 Å². The highest BCUT2D eigenvalue weighted by molar-refractivity contribution is 7.80. The number of nitrogens with zero attached hydrogens (tertiary/aromatic N) is 1. The summed E-state index contributed by atoms with van der Waals surface area (Å²) in [5.41, 5.74) is 1.30. The zero-order chi connectivity index (χ0) is 16.0. The van der Waals surface area contributed by atoms with Crippen LogP contribution in [0.5, 0.6) is 5.75 Å². The lowest BCUT2D eigenvalue weighted by Crippen LogP contribution is -2.33. The highest BCUT2D eigenvalue weighted by Gasteiger charge is 2.15. The molecule has 0 saturated heterocycles. The van der Waals surface area contributed by atoms with Crippen molar-refractivity contribution >= 4 is 32.0 Å². The van der Waals surface area contributed by atoms with Gasteiger partial charge in [0.1, 0.15) is 17.0 Å². The molecule has 118 valence electrons. The molecular formula is C13H19NO5S2. The van der Waals surface area contributed by atoms with Crippen molar-refractivity contribution < 1.29 is 26.5 Å². The molecule has 0 aliphatic heterocycles. The van der Waals surface area contributed by atoms with Crippen LogP contribution < -0.4 is 9.30 Å². The van der Waals surface area contributed by atoms with E-state index in [1.165, 1.54) is 22.1 Å². The molecule has 2 rings (SSSR count). The summed E-state index contributed by atoms with van der Waals surface area (Å²) in [6.07, 6.45) is 0. The van der Waals surface area contributed by atoms with E-state index in [4.69, 9.17) is 4.74 Å². The number of rotatable bonds is 4. The largest absolute Gasteiger partial charge is 0.726 e. The first-order valence-electron chi connectivity index (χ1n) is 6.39. The number of hydrogen-bond acceptors (Lipinski definition) is 6. The van der Waals surface area contributed by atoms with Gasteiger partial charge in [-0.05, 0) is 19.9 Å². The summed E-state index contributed by atoms with van der Waals surface area (Å²) < 4.78 is 40.8. The van der Waals surface area contributed by atoms with Gasteiger partial charge < -0.3 is 9.29 Å². The molecule has 0 atom stereocenters. The van der Waals surface area contributed by atoms with E-state index >= 15 is 0 Å². The third-order valence-electron chi connectivity index (χ3n) is 2.67. The quantitative estimate of drug-likeness (QED) is 0.486. The number of aryl methyl sites for hydroxylation is 2. The molecule has 8 heteroatoms. The van der Waals surface area contributed by atoms with Crippen LogP contribution in [0.25, 0.3) is 10.2 Å². The van der Waals surface area contributed by atoms with E-state index in [2.05, 4.69) is 34.7 Å². The molecule has 0 fully saturated rings. The number of ether oxygens (including phenoxy) is 1. The van der Waals surface area contributed by atoms with E-state index in [0.29, 0.717) is 0 Å². The number of hydrogen-bond donors (Lipinski definition) is 0. The van der Waals surface area contributed by atoms with E-state index in [1.54, 1.807) is 7.11 Å². The fourth-order valence-electron chi connectivity index (χ4n) is 1.85. The molecule has 0 saturated carbocycles. The lowest BCUT2D eigenvalue weighted by molar-refractivity contribution is -0.669. The van der Waals surface area contributed by atoms with Crippen LogP contribution in [0.2, 0.25) is 0 Å². The normalized spacial score (nSPS) is 11.1. The average Bonchev–Trinajstić information content (AvgIpc) is 2.72. The molecule has 0 spiro atoms. The van der Waals surface area contributed by atoms with Crippen molar-refractivity contribution in [1.82, 2.24) is 0 Å². The van der Waals surface area contributed by atoms with Crippen LogP contribution in [-0.2, 0) is 21.1 Å². The monoisotopic (exact) mass is 333 g/mol. The Bertz CT molecular complexity index is 694. The van der Waals surface area contributed by atoms with Gasteiger partial charge in [0.25, 0.3) is 0 Å². The summed E-state index contributed by atoms with van der Waals surface area (Å²) in [5, 5.41) is 1.34. The van der Waals surface area contributed by atoms with Gasteiger partial charge in [-0.3, -0.25) is 4.18 Å². The summed E-state index contributed by atoms with van der Waals surface area (Å²) in [6.45, 7) is 6.68. The van der Waals surface area contributed by atoms with Crippen molar-refractivity contribution in [2.45, 2.75) is 27.3 Å². The zero-order valence-electron chi connectivity index (χ0n) is 12.5. The molecule has 1 heterocycles. The first kappa shape index (κ1) is 17.8. The fourth-order valence-corrected chi connectivity index (χ4v) is 3.25. The third-order valence-corrected chi connectivity index (χ3v) is 4.26. The van der Waals surface area contributed by atoms with Crippen molar-refractivity contribution in [3.63, 3.8) is 0 Å². The molecule has 6 nitrogen and oxygen atoms in total. The van der Waals surface area contributed by atoms with Crippen LogP contribution >= 0.6 is 11.3 Å². The Balaban J connectivity index is 0.000000270. The van der Waals surface area contributed by atoms with Gasteiger partial charge in [-0.1, -0.05) is 11.3 Å². The molecule has 0 N–H and O–H groups in total. The molecular weight excluding hydrogens is 314 g/mol. The van der Waals surface area contributed by atoms with Gasteiger partial charge in [0.15, 0.2) is 0 Å². The Morgan fingerprint density at radius 1 is 1.33 bits per heavy atom. The number of fused-ring (bicyclic) bond motifs is 1. The minimum atomic E-state index is -4.42. The first-order valence-corrected chi connectivity index (χ1v) is 8.54. The first-order chi connectivity index (χ1) is 9.82. The Morgan fingerprint density at radius 3 is 2.43 bits per heavy atom. The average molecular weight is 333 g/mol. The molecule has 1 aromatic carbocycles. The van der Waals surface area contributed by atoms with Crippen LogP contribution in [0.15, 0.2) is 18.2 Å². The number of thiazole rings is 1. The van der Waals surface area contributed by atoms with Crippen molar-refractivity contribution in [1.29, 1.82) is 0 Å². The van der Waals surface area contributed by atoms with Crippen LogP contribution in [0.1, 0.15) is 18.9 Å². The topological polar surface area (TPSA) is 79.5 Å². The number of methoxy groups -OCH3 is 1. The van der Waals surface area contributed by atoms with Gasteiger partial charge in [0.2, 0.25) is 20.9 Å². The Labute approximate surface area is 128 Å². The van der Waals surface area contributed by atoms with Crippen molar-refractivity contribution in [3.8, 4) is 5.75 Å². The molecule has 0 amide bonds. The van der Waals surface area contributed by atoms with Crippen LogP contribution in [0.3, 0.4) is 0 Å². The van der Waals surface area contributed by atoms with Gasteiger partial charge in [0.05, 0.1) is 13.7 Å². The molecule has 0 bridgehead atoms. The summed E-state index contributed by atoms with van der Waals surface area (Å²) in [4.78, 5) is 0. The lowest BCUT2D eigenvalue weighted by atomic mass is 10.3. The Kier molecular flexibility index (Phi) is 6.53. The maximum absolute atomic E-state index is 9.45. The number of benzene rings is 1. The minimum Gasteiger partial charge on any atom is -0.726 e. The SMILES string of the molecule is CCOS(=O)(=O)[O-].CC[n+]1c(C)sc2cc(OC)ccc21. The van der Waals surface area contributed by atoms with Crippen molar-refractivity contribution in [3.05, 3.63) is 23.2 Å². The zero-order valence-corrected chi connectivity index (χ0v) is 14.1. The van der Waals surface area contributed by atoms with E-state index in [1.807, 2.05) is 17.4 Å². The van der Waals surface area contributed by atoms with E-state index in [0.717, 1.165) is 12.3 Å². The second kappa shape index (κ2) is 7.69. The second-order valence-electron chi connectivity index (χ2n) is 4.01. The maximum atomic E-state index is 9.45. The lowest BCUT2D eigenvalue weighted by Gasteiger charge is -2.02. The van der Waals surface area contributed by atoms with Gasteiger partial charge in [-0.2, -0.15) is 4.57 Å². The van der Waals surface area contributed by atoms with Crippen molar-refractivity contribution in [2.75, 3.05) is 13.7 Å². The Morgan fingerprint density at radius 2 is 2.00 bits per heavy atom. The highest BCUT2D eigenvalue weighted by atomic mass is 32.3. The number of aromatic nitrogens is 1. The van der Waals surface area contributed by atoms with Crippen LogP contribution in [0, 0.1) is 6.92 Å². The minimum absolute atomic E-state index is 0.0914. The predicted molar refractivity (Wildman–Crippen MR) is 80.3 cm³/mol. The van der Waals surface area contributed by atoms with Crippen LogP contribution in [-0.4, -0.2) is 26.7 Å². The van der Waals surface area contributed by atoms with E-state index < -0.39 is 10.4 Å². The molecule has 0 aliphatic rings. The molecule has 0 unspecified atom stereocenters. The van der Waals surface area contributed by atoms with Gasteiger partial charge in [0, 0.05) is 19.1 Å². The summed E-state index contributed by atoms with van der Waals surface area (Å²) in [6, 6.07) is 6.24. The summed E-state index contributed by atoms with van der Waals surface area (Å²) in [7, 11) is -2.72. The molecule has 2 aromatic rings. The fraction of sp³-hybridized carbons (Fsp3) is 0.462. The molecule has 0 aliphatic carbocycles. The van der Waals surface area contributed by atoms with E-state index in [-0.39, 0.29) is 6.61 Å². The van der Waals surface area contributed by atoms with Crippen molar-refractivity contribution in [2.24, 2.45) is 0 Å². The second-order valence-corrected chi connectivity index (χ2v) is 6.30. The highest BCUT2D eigenvalue weighted by Crippen LogP contribution is 2.24. The molecule has 0 radical (unpaired) electrons. The molecule has 21 heavy (non-hydrogen) atoms. The third kappa shape index (κ3) is 5.24. The van der Waals surface area contributed by atoms with E-state index in [9.17, 15) is 13.0 Å². The van der Waals surface area contributed by atoms with Crippen LogP contribution in [0.4, 0.5) is 0 Å². The Hall–Kier alpha value is -1.22. The maximum Gasteiger partial charge on any atom is 0.235 e. The predicted octanol–water partition coefficient (Wildman–Crippen LogP) is 2.01. The van der Waals surface area contributed by atoms with Gasteiger partial charge in [-0.25, -0.2) is 8.42 Å². The molecule has 1 aromatic heterocycles. The standard InChI is InChI=1S/C11H14NOS.C2H6O4S/c1-4-12-8(2)14-11-7-9(13-3)5-6-10(11)12;1-2-6-7(3,4)5/h5-7H,4H2,1-3H3;2H2,1H3,(H,3,4,5)/q+1;/p-1. The smallest absolute Gasteiger partial charge is 0.235 e. The van der Waals surface area contributed by atoms with Gasteiger partial charge >= 0.3 is 0 Å².